The van der Waals surface area contributed by atoms with Crippen LogP contribution in [0.25, 0.3) is 21.8 Å². The Morgan fingerprint density at radius 3 is 2.59 bits per heavy atom. The van der Waals surface area contributed by atoms with Gasteiger partial charge in [0, 0.05) is 33.9 Å². The number of aryl methyl sites for hydroxylation is 1. The summed E-state index contributed by atoms with van der Waals surface area (Å²) < 4.78 is 2.32. The van der Waals surface area contributed by atoms with Crippen LogP contribution in [0.3, 0.4) is 0 Å². The Kier molecular flexibility index (Phi) is 2.16. The van der Waals surface area contributed by atoms with E-state index >= 15 is 0 Å². The molecule has 82 valence electrons. The van der Waals surface area contributed by atoms with Crippen LogP contribution in [0.1, 0.15) is 12.5 Å². The van der Waals surface area contributed by atoms with E-state index in [1.54, 1.807) is 0 Å². The maximum absolute atomic E-state index is 5.47. The van der Waals surface area contributed by atoms with Crippen LogP contribution in [0.5, 0.6) is 0 Å². The molecule has 0 saturated heterocycles. The van der Waals surface area contributed by atoms with E-state index in [2.05, 4.69) is 53.8 Å². The molecule has 0 fully saturated rings. The highest BCUT2D eigenvalue weighted by Crippen LogP contribution is 2.29. The van der Waals surface area contributed by atoms with E-state index in [1.165, 1.54) is 21.8 Å². The molecule has 0 atom stereocenters. The van der Waals surface area contributed by atoms with Crippen LogP contribution in [0.4, 0.5) is 0 Å². The normalized spacial score (nSPS) is 10.8. The molecule has 0 aliphatic carbocycles. The van der Waals surface area contributed by atoms with Crippen molar-refractivity contribution < 1.29 is 0 Å². The van der Waals surface area contributed by atoms with E-state index in [9.17, 15) is 0 Å². The summed E-state index contributed by atoms with van der Waals surface area (Å²) in [6.45, 7) is 3.14. The van der Waals surface area contributed by atoms with Crippen LogP contribution >= 0.6 is 0 Å². The topological polar surface area (TPSA) is 4.93 Å². The van der Waals surface area contributed by atoms with Gasteiger partial charge in [-0.1, -0.05) is 24.1 Å². The van der Waals surface area contributed by atoms with Gasteiger partial charge in [-0.05, 0) is 31.2 Å². The van der Waals surface area contributed by atoms with E-state index in [4.69, 9.17) is 6.42 Å². The number of terminal acetylenes is 1. The average Bonchev–Trinajstić information content (AvgIpc) is 2.71. The van der Waals surface area contributed by atoms with Crippen molar-refractivity contribution in [2.45, 2.75) is 13.5 Å². The zero-order valence-electron chi connectivity index (χ0n) is 9.77. The van der Waals surface area contributed by atoms with Crippen molar-refractivity contribution in [1.82, 2.24) is 4.57 Å². The summed E-state index contributed by atoms with van der Waals surface area (Å²) in [5.41, 5.74) is 3.48. The quantitative estimate of drug-likeness (QED) is 0.549. The number of hydrogen-bond donors (Lipinski definition) is 0. The molecular weight excluding hydrogens is 206 g/mol. The number of nitrogens with zero attached hydrogens (tertiary/aromatic N) is 1. The first-order valence-corrected chi connectivity index (χ1v) is 5.82. The van der Waals surface area contributed by atoms with E-state index in [1.807, 2.05) is 6.07 Å². The zero-order chi connectivity index (χ0) is 11.8. The monoisotopic (exact) mass is 219 g/mol. The lowest BCUT2D eigenvalue weighted by Gasteiger charge is -2.02. The first-order chi connectivity index (χ1) is 8.35. The molecule has 0 radical (unpaired) electrons. The molecule has 3 rings (SSSR count). The molecule has 1 heteroatoms. The lowest BCUT2D eigenvalue weighted by Crippen LogP contribution is -1.92. The molecule has 1 aromatic heterocycles. The minimum absolute atomic E-state index is 0.941. The summed E-state index contributed by atoms with van der Waals surface area (Å²) in [6, 6.07) is 14.7. The Balaban J connectivity index is 2.55. The van der Waals surface area contributed by atoms with E-state index in [0.717, 1.165) is 12.1 Å². The number of para-hydroxylation sites is 1. The number of rotatable bonds is 1. The summed E-state index contributed by atoms with van der Waals surface area (Å²) in [5.74, 6) is 2.70. The van der Waals surface area contributed by atoms with Crippen LogP contribution in [0, 0.1) is 12.3 Å². The lowest BCUT2D eigenvalue weighted by atomic mass is 10.1. The summed E-state index contributed by atoms with van der Waals surface area (Å²) in [6.07, 6.45) is 5.47. The van der Waals surface area contributed by atoms with Gasteiger partial charge in [0.1, 0.15) is 0 Å². The van der Waals surface area contributed by atoms with Gasteiger partial charge >= 0.3 is 0 Å². The molecule has 0 amide bonds. The fourth-order valence-corrected chi connectivity index (χ4v) is 2.48. The van der Waals surface area contributed by atoms with Crippen LogP contribution in [-0.2, 0) is 6.54 Å². The predicted molar refractivity (Wildman–Crippen MR) is 73.1 cm³/mol. The SMILES string of the molecule is C#Cc1ccc2c(c1)c1ccccc1n2CC. The molecular formula is C16H13N. The summed E-state index contributed by atoms with van der Waals surface area (Å²) >= 11 is 0. The second-order valence-electron chi connectivity index (χ2n) is 4.14. The second kappa shape index (κ2) is 3.68. The van der Waals surface area contributed by atoms with Crippen molar-refractivity contribution in [1.29, 1.82) is 0 Å². The van der Waals surface area contributed by atoms with Crippen molar-refractivity contribution in [3.8, 4) is 12.3 Å². The highest BCUT2D eigenvalue weighted by atomic mass is 15.0. The number of hydrogen-bond acceptors (Lipinski definition) is 0. The van der Waals surface area contributed by atoms with Crippen molar-refractivity contribution in [2.24, 2.45) is 0 Å². The Bertz CT molecular complexity index is 741. The molecule has 0 aliphatic rings. The molecule has 0 N–H and O–H groups in total. The molecule has 0 bridgehead atoms. The summed E-state index contributed by atoms with van der Waals surface area (Å²) in [5, 5.41) is 2.53. The van der Waals surface area contributed by atoms with Gasteiger partial charge in [-0.25, -0.2) is 0 Å². The van der Waals surface area contributed by atoms with Gasteiger partial charge in [-0.2, -0.15) is 0 Å². The third-order valence-corrected chi connectivity index (χ3v) is 3.26. The molecule has 17 heavy (non-hydrogen) atoms. The highest BCUT2D eigenvalue weighted by Gasteiger charge is 2.08. The van der Waals surface area contributed by atoms with Gasteiger partial charge in [0.2, 0.25) is 0 Å². The first kappa shape index (κ1) is 9.99. The van der Waals surface area contributed by atoms with Crippen molar-refractivity contribution >= 4 is 21.8 Å². The van der Waals surface area contributed by atoms with E-state index < -0.39 is 0 Å². The van der Waals surface area contributed by atoms with Crippen molar-refractivity contribution in [3.05, 3.63) is 48.0 Å². The third kappa shape index (κ3) is 1.34. The van der Waals surface area contributed by atoms with E-state index in [-0.39, 0.29) is 0 Å². The number of aromatic nitrogens is 1. The fourth-order valence-electron chi connectivity index (χ4n) is 2.48. The standard InChI is InChI=1S/C16H13N/c1-3-12-9-10-16-14(11-12)13-7-5-6-8-15(13)17(16)4-2/h1,5-11H,4H2,2H3. The molecule has 1 nitrogen and oxygen atoms in total. The molecule has 0 unspecified atom stereocenters. The van der Waals surface area contributed by atoms with Gasteiger partial charge < -0.3 is 4.57 Å². The van der Waals surface area contributed by atoms with E-state index in [0.29, 0.717) is 0 Å². The Hall–Kier alpha value is -2.20. The number of benzene rings is 2. The Morgan fingerprint density at radius 2 is 1.82 bits per heavy atom. The smallest absolute Gasteiger partial charge is 0.0492 e. The predicted octanol–water partition coefficient (Wildman–Crippen LogP) is 3.80. The first-order valence-electron chi connectivity index (χ1n) is 5.82. The zero-order valence-corrected chi connectivity index (χ0v) is 9.77. The molecule has 0 saturated carbocycles. The maximum atomic E-state index is 5.47. The molecule has 1 heterocycles. The molecule has 2 aromatic carbocycles. The van der Waals surface area contributed by atoms with Crippen LogP contribution in [-0.4, -0.2) is 4.57 Å². The number of fused-ring (bicyclic) bond motifs is 3. The van der Waals surface area contributed by atoms with Crippen LogP contribution < -0.4 is 0 Å². The minimum atomic E-state index is 0.941. The van der Waals surface area contributed by atoms with Crippen LogP contribution in [0.2, 0.25) is 0 Å². The summed E-state index contributed by atoms with van der Waals surface area (Å²) in [4.78, 5) is 0. The second-order valence-corrected chi connectivity index (χ2v) is 4.14. The van der Waals surface area contributed by atoms with Crippen LogP contribution in [0.15, 0.2) is 42.5 Å². The lowest BCUT2D eigenvalue weighted by molar-refractivity contribution is 0.827. The van der Waals surface area contributed by atoms with Gasteiger partial charge in [0.05, 0.1) is 0 Å². The van der Waals surface area contributed by atoms with Gasteiger partial charge in [0.15, 0.2) is 0 Å². The van der Waals surface area contributed by atoms with Gasteiger partial charge in [-0.15, -0.1) is 6.42 Å². The summed E-state index contributed by atoms with van der Waals surface area (Å²) in [7, 11) is 0. The molecule has 0 aliphatic heterocycles. The minimum Gasteiger partial charge on any atom is -0.341 e. The maximum Gasteiger partial charge on any atom is 0.0492 e. The largest absolute Gasteiger partial charge is 0.341 e. The molecule has 3 aromatic rings. The average molecular weight is 219 g/mol. The van der Waals surface area contributed by atoms with Crippen molar-refractivity contribution in [2.75, 3.05) is 0 Å². The van der Waals surface area contributed by atoms with Crippen molar-refractivity contribution in [3.63, 3.8) is 0 Å². The highest BCUT2D eigenvalue weighted by molar-refractivity contribution is 6.08. The Morgan fingerprint density at radius 1 is 1.06 bits per heavy atom. The van der Waals surface area contributed by atoms with Gasteiger partial charge in [0.25, 0.3) is 0 Å². The fraction of sp³-hybridized carbons (Fsp3) is 0.125. The third-order valence-electron chi connectivity index (χ3n) is 3.26. The Labute approximate surface area is 101 Å². The molecule has 0 spiro atoms. The van der Waals surface area contributed by atoms with Gasteiger partial charge in [-0.3, -0.25) is 0 Å².